The zero-order valence-electron chi connectivity index (χ0n) is 19.7. The second-order valence-electron chi connectivity index (χ2n) is 9.87. The van der Waals surface area contributed by atoms with Crippen molar-refractivity contribution in [2.75, 3.05) is 21.6 Å². The third kappa shape index (κ3) is 17.4. The quantitative estimate of drug-likeness (QED) is 0.233. The summed E-state index contributed by atoms with van der Waals surface area (Å²) in [7, 11) is -4.49. The molecule has 0 unspecified atom stereocenters. The molecule has 1 aromatic heterocycles. The van der Waals surface area contributed by atoms with Crippen LogP contribution in [-0.4, -0.2) is 51.7 Å². The Morgan fingerprint density at radius 1 is 0.793 bits per heavy atom. The molecule has 0 amide bonds. The van der Waals surface area contributed by atoms with Crippen molar-refractivity contribution in [3.8, 4) is 0 Å². The first-order valence-electron chi connectivity index (χ1n) is 9.93. The van der Waals surface area contributed by atoms with Crippen LogP contribution in [0.15, 0.2) is 0 Å². The molecule has 0 bridgehead atoms. The number of rotatable bonds is 9. The van der Waals surface area contributed by atoms with Crippen molar-refractivity contribution in [1.82, 2.24) is 15.0 Å². The Balaban J connectivity index is 0.000000828. The maximum atomic E-state index is 9.86. The molecule has 0 aromatic carbocycles. The molecule has 12 heteroatoms. The summed E-state index contributed by atoms with van der Waals surface area (Å²) in [5.41, 5.74) is -0.710. The normalized spacial score (nSPS) is 11.8. The minimum absolute atomic E-state index is 0.443. The molecule has 29 heavy (non-hydrogen) atoms. The van der Waals surface area contributed by atoms with Crippen LogP contribution in [0, 0.1) is 0 Å². The highest BCUT2D eigenvalue weighted by atomic mass is 35.5. The summed E-state index contributed by atoms with van der Waals surface area (Å²) in [5, 5.41) is 0. The van der Waals surface area contributed by atoms with E-state index in [2.05, 4.69) is 93.6 Å². The van der Waals surface area contributed by atoms with E-state index in [1.807, 2.05) is 6.92 Å². The molecule has 1 heterocycles. The number of carbonyl (C=O) groups is 1. The molecule has 0 aliphatic rings. The van der Waals surface area contributed by atoms with Gasteiger partial charge in [0.2, 0.25) is 17.8 Å². The largest absolute Gasteiger partial charge is 0.454 e. The summed E-state index contributed by atoms with van der Waals surface area (Å²) < 4.78 is 4.41. The van der Waals surface area contributed by atoms with Crippen LogP contribution < -0.4 is 14.9 Å². The van der Waals surface area contributed by atoms with Gasteiger partial charge in [-0.25, -0.2) is 4.79 Å². The van der Waals surface area contributed by atoms with Gasteiger partial charge < -0.3 is 19.7 Å². The van der Waals surface area contributed by atoms with Crippen LogP contribution in [0.1, 0.15) is 19.8 Å². The molecule has 0 atom stereocenters. The summed E-state index contributed by atoms with van der Waals surface area (Å²) in [6.45, 7) is 22.5. The fraction of sp³-hybridized carbons (Fsp3) is 0.765. The van der Waals surface area contributed by atoms with Crippen LogP contribution in [0.5, 0.6) is 0 Å². The van der Waals surface area contributed by atoms with Gasteiger partial charge in [-0.1, -0.05) is 72.3 Å². The number of halogens is 1. The van der Waals surface area contributed by atoms with E-state index < -0.39 is 30.1 Å². The molecule has 0 saturated carbocycles. The van der Waals surface area contributed by atoms with Gasteiger partial charge in [0.05, 0.1) is 6.61 Å². The molecule has 0 spiro atoms. The van der Waals surface area contributed by atoms with Crippen molar-refractivity contribution in [3.63, 3.8) is 0 Å². The number of carbonyl (C=O) groups excluding carboxylic acids is 1. The van der Waals surface area contributed by atoms with Crippen LogP contribution in [0.3, 0.4) is 0 Å². The van der Waals surface area contributed by atoms with Gasteiger partial charge in [-0.3, -0.25) is 0 Å². The second kappa shape index (κ2) is 11.9. The van der Waals surface area contributed by atoms with Gasteiger partial charge in [-0.15, -0.1) is 0 Å². The standard InChI is InChI=1S/C12H30N6Si3.C5H9ClO2/c1-19(2,3)16-10-13-11(17-20(4,5)6)15-12(14-10)18-21(7,8)9;1-2-3-4-8-5(6)7/h1-9H3,(H3,13,14,15,16,17,18);2-4H2,1H3. The van der Waals surface area contributed by atoms with Crippen molar-refractivity contribution in [1.29, 1.82) is 0 Å². The number of nitrogens with zero attached hydrogens (tertiary/aromatic N) is 3. The fourth-order valence-electron chi connectivity index (χ4n) is 1.85. The Labute approximate surface area is 184 Å². The van der Waals surface area contributed by atoms with Gasteiger partial charge >= 0.3 is 5.43 Å². The molecular formula is C17H39ClN6O2Si3. The number of ether oxygens (including phenoxy) is 1. The molecule has 1 rings (SSSR count). The van der Waals surface area contributed by atoms with Crippen molar-refractivity contribution >= 4 is 59.6 Å². The summed E-state index contributed by atoms with van der Waals surface area (Å²) in [6.07, 6.45) is 1.91. The first-order valence-corrected chi connectivity index (χ1v) is 20.8. The minimum atomic E-state index is -1.50. The van der Waals surface area contributed by atoms with E-state index >= 15 is 0 Å². The van der Waals surface area contributed by atoms with Crippen LogP contribution in [0.25, 0.3) is 0 Å². The molecule has 0 fully saturated rings. The third-order valence-corrected chi connectivity index (χ3v) is 5.84. The van der Waals surface area contributed by atoms with Crippen molar-refractivity contribution < 1.29 is 9.53 Å². The topological polar surface area (TPSA) is 101 Å². The monoisotopic (exact) mass is 478 g/mol. The average Bonchev–Trinajstić information content (AvgIpc) is 2.41. The molecule has 0 aliphatic carbocycles. The number of aromatic nitrogens is 3. The SMILES string of the molecule is CCCCOC(=O)Cl.C[Si](C)(C)Nc1nc(N[Si](C)(C)C)nc(N[Si](C)(C)C)n1. The van der Waals surface area contributed by atoms with Crippen LogP contribution >= 0.6 is 11.6 Å². The van der Waals surface area contributed by atoms with Gasteiger partial charge in [0.1, 0.15) is 24.7 Å². The van der Waals surface area contributed by atoms with Gasteiger partial charge in [0.15, 0.2) is 0 Å². The number of hydrogen-bond donors (Lipinski definition) is 3. The molecule has 3 N–H and O–H groups in total. The Kier molecular flexibility index (Phi) is 11.4. The lowest BCUT2D eigenvalue weighted by Crippen LogP contribution is -2.37. The smallest absolute Gasteiger partial charge is 0.403 e. The lowest BCUT2D eigenvalue weighted by molar-refractivity contribution is 0.171. The summed E-state index contributed by atoms with van der Waals surface area (Å²) in [6, 6.07) is 0. The number of nitrogens with one attached hydrogen (secondary N) is 3. The van der Waals surface area contributed by atoms with E-state index in [0.717, 1.165) is 12.8 Å². The minimum Gasteiger partial charge on any atom is -0.454 e. The highest BCUT2D eigenvalue weighted by molar-refractivity contribution is 6.80. The Hall–Kier alpha value is -1.18. The summed E-state index contributed by atoms with van der Waals surface area (Å²) in [5.74, 6) is 2.02. The highest BCUT2D eigenvalue weighted by Crippen LogP contribution is 2.16. The van der Waals surface area contributed by atoms with Gasteiger partial charge in [-0.2, -0.15) is 15.0 Å². The number of anilines is 3. The van der Waals surface area contributed by atoms with Crippen molar-refractivity contribution in [3.05, 3.63) is 0 Å². The third-order valence-electron chi connectivity index (χ3n) is 2.81. The van der Waals surface area contributed by atoms with E-state index in [-0.39, 0.29) is 0 Å². The van der Waals surface area contributed by atoms with Crippen molar-refractivity contribution in [2.24, 2.45) is 0 Å². The predicted octanol–water partition coefficient (Wildman–Crippen LogP) is 5.77. The Morgan fingerprint density at radius 2 is 1.10 bits per heavy atom. The molecule has 0 radical (unpaired) electrons. The second-order valence-corrected chi connectivity index (χ2v) is 24.4. The number of hydrogen-bond acceptors (Lipinski definition) is 8. The van der Waals surface area contributed by atoms with E-state index in [1.54, 1.807) is 0 Å². The van der Waals surface area contributed by atoms with Crippen molar-refractivity contribution in [2.45, 2.75) is 78.7 Å². The van der Waals surface area contributed by atoms with Gasteiger partial charge in [0.25, 0.3) is 0 Å². The first-order chi connectivity index (χ1) is 13.0. The molecule has 8 nitrogen and oxygen atoms in total. The van der Waals surface area contributed by atoms with E-state index in [9.17, 15) is 4.79 Å². The Morgan fingerprint density at radius 3 is 1.31 bits per heavy atom. The van der Waals surface area contributed by atoms with Gasteiger partial charge in [0, 0.05) is 11.6 Å². The molecule has 0 aliphatic heterocycles. The zero-order chi connectivity index (χ0) is 22.9. The Bertz CT molecular complexity index is 562. The fourth-order valence-corrected chi connectivity index (χ4v) is 4.27. The summed E-state index contributed by atoms with van der Waals surface area (Å²) in [4.78, 5) is 33.8. The molecule has 168 valence electrons. The highest BCUT2D eigenvalue weighted by Gasteiger charge is 2.21. The average molecular weight is 479 g/mol. The number of unbranched alkanes of at least 4 members (excludes halogenated alkanes) is 1. The molecule has 0 saturated heterocycles. The van der Waals surface area contributed by atoms with E-state index in [1.165, 1.54) is 0 Å². The van der Waals surface area contributed by atoms with Crippen LogP contribution in [-0.2, 0) is 4.74 Å². The molecular weight excluding hydrogens is 440 g/mol. The maximum Gasteiger partial charge on any atom is 0.403 e. The van der Waals surface area contributed by atoms with Crippen LogP contribution in [0.4, 0.5) is 22.6 Å². The van der Waals surface area contributed by atoms with Crippen LogP contribution in [0.2, 0.25) is 58.9 Å². The van der Waals surface area contributed by atoms with Gasteiger partial charge in [-0.05, 0) is 6.42 Å². The maximum absolute atomic E-state index is 9.86. The first kappa shape index (κ1) is 27.8. The van der Waals surface area contributed by atoms with E-state index in [4.69, 9.17) is 11.6 Å². The molecule has 1 aromatic rings. The lowest BCUT2D eigenvalue weighted by Gasteiger charge is -2.23. The summed E-state index contributed by atoms with van der Waals surface area (Å²) >= 11 is 4.85. The lowest BCUT2D eigenvalue weighted by atomic mass is 10.4. The predicted molar refractivity (Wildman–Crippen MR) is 133 cm³/mol. The van der Waals surface area contributed by atoms with E-state index in [0.29, 0.717) is 24.5 Å². The zero-order valence-corrected chi connectivity index (χ0v) is 23.4.